The van der Waals surface area contributed by atoms with Crippen molar-refractivity contribution in [2.75, 3.05) is 7.05 Å². The molecule has 0 atom stereocenters. The fourth-order valence-electron chi connectivity index (χ4n) is 4.93. The molecule has 0 aliphatic carbocycles. The molecule has 2 N–H and O–H groups in total. The van der Waals surface area contributed by atoms with Gasteiger partial charge in [-0.3, -0.25) is 13.7 Å². The molecule has 0 saturated carbocycles. The van der Waals surface area contributed by atoms with E-state index in [4.69, 9.17) is 4.98 Å². The van der Waals surface area contributed by atoms with Crippen LogP contribution in [0.4, 0.5) is 0 Å². The average Bonchev–Trinajstić information content (AvgIpc) is 3.52. The first-order valence-electron chi connectivity index (χ1n) is 11.4. The maximum Gasteiger partial charge on any atom is 0.328 e. The minimum Gasteiger partial charge on any atom is -0.360 e. The van der Waals surface area contributed by atoms with Gasteiger partial charge < -0.3 is 4.98 Å². The molecule has 182 valence electrons. The van der Waals surface area contributed by atoms with Gasteiger partial charge in [-0.05, 0) is 55.9 Å². The van der Waals surface area contributed by atoms with E-state index >= 15 is 0 Å². The van der Waals surface area contributed by atoms with Crippen LogP contribution in [0.15, 0.2) is 70.5 Å². The fourth-order valence-corrected chi connectivity index (χ4v) is 5.68. The predicted octanol–water partition coefficient (Wildman–Crippen LogP) is 3.58. The molecule has 0 fully saturated rings. The molecule has 6 aromatic rings. The van der Waals surface area contributed by atoms with E-state index in [1.165, 1.54) is 7.05 Å². The largest absolute Gasteiger partial charge is 0.360 e. The van der Waals surface area contributed by atoms with Gasteiger partial charge in [0.15, 0.2) is 0 Å². The van der Waals surface area contributed by atoms with Crippen LogP contribution in [-0.2, 0) is 24.1 Å². The van der Waals surface area contributed by atoms with Crippen LogP contribution in [0.2, 0.25) is 0 Å². The van der Waals surface area contributed by atoms with Gasteiger partial charge in [0.05, 0.1) is 32.6 Å². The summed E-state index contributed by atoms with van der Waals surface area (Å²) in [7, 11) is 1.17. The molecule has 0 radical (unpaired) electrons. The van der Waals surface area contributed by atoms with Crippen molar-refractivity contribution in [3.05, 3.63) is 76.8 Å². The van der Waals surface area contributed by atoms with Crippen molar-refractivity contribution in [2.45, 2.75) is 11.8 Å². The molecule has 10 heteroatoms. The zero-order valence-electron chi connectivity index (χ0n) is 20.2. The first-order chi connectivity index (χ1) is 17.2. The monoisotopic (exact) mass is 500 g/mol. The number of benzene rings is 3. The summed E-state index contributed by atoms with van der Waals surface area (Å²) < 4.78 is 32.8. The number of aromatic amines is 1. The van der Waals surface area contributed by atoms with Crippen molar-refractivity contribution < 1.29 is 8.42 Å². The number of rotatable bonds is 4. The number of aryl methyl sites for hydroxylation is 3. The number of H-pyrrole nitrogens is 1. The molecule has 0 aliphatic rings. The van der Waals surface area contributed by atoms with Crippen molar-refractivity contribution >= 4 is 43.0 Å². The van der Waals surface area contributed by atoms with Crippen molar-refractivity contribution in [1.82, 2.24) is 28.4 Å². The average molecular weight is 501 g/mol. The quantitative estimate of drug-likeness (QED) is 0.386. The van der Waals surface area contributed by atoms with Gasteiger partial charge >= 0.3 is 5.69 Å². The van der Waals surface area contributed by atoms with E-state index in [2.05, 4.69) is 21.8 Å². The molecule has 0 unspecified atom stereocenters. The van der Waals surface area contributed by atoms with Gasteiger partial charge in [0.1, 0.15) is 5.82 Å². The highest BCUT2D eigenvalue weighted by Crippen LogP contribution is 2.36. The minimum atomic E-state index is -3.68. The highest BCUT2D eigenvalue weighted by Gasteiger charge is 2.23. The minimum absolute atomic E-state index is 0.133. The van der Waals surface area contributed by atoms with Crippen molar-refractivity contribution in [3.63, 3.8) is 0 Å². The van der Waals surface area contributed by atoms with Crippen molar-refractivity contribution in [3.8, 4) is 17.1 Å². The normalized spacial score (nSPS) is 12.3. The number of fused-ring (bicyclic) bond motifs is 3. The second kappa shape index (κ2) is 7.67. The lowest BCUT2D eigenvalue weighted by molar-refractivity contribution is 0.588. The topological polar surface area (TPSA) is 107 Å². The third kappa shape index (κ3) is 3.08. The molecule has 0 aliphatic heterocycles. The van der Waals surface area contributed by atoms with E-state index in [1.54, 1.807) is 41.4 Å². The number of para-hydroxylation sites is 1. The zero-order valence-corrected chi connectivity index (χ0v) is 21.0. The Morgan fingerprint density at radius 3 is 2.56 bits per heavy atom. The Morgan fingerprint density at radius 2 is 1.78 bits per heavy atom. The molecular formula is C26H24N6O3S. The maximum absolute atomic E-state index is 12.8. The standard InChI is InChI=1S/C26H24N6O3S/c1-15-8-10-17-18(14-28-20(17)12-15)25-29-19-11-9-16(36(34,35)27-2)13-23(19)32(25)22-7-5-6-21-24(22)31(4)26(33)30(21)3/h5-14,27-28H,1-4H3. The van der Waals surface area contributed by atoms with Crippen LogP contribution in [0.3, 0.4) is 0 Å². The molecule has 0 spiro atoms. The number of hydrogen-bond acceptors (Lipinski definition) is 4. The molecule has 3 aromatic carbocycles. The van der Waals surface area contributed by atoms with Crippen LogP contribution in [0.5, 0.6) is 0 Å². The second-order valence-electron chi connectivity index (χ2n) is 8.93. The maximum atomic E-state index is 12.8. The third-order valence-corrected chi connectivity index (χ3v) is 8.20. The summed E-state index contributed by atoms with van der Waals surface area (Å²) in [6, 6.07) is 16.8. The first-order valence-corrected chi connectivity index (χ1v) is 12.9. The number of sulfonamides is 1. The number of nitrogens with zero attached hydrogens (tertiary/aromatic N) is 4. The number of aromatic nitrogens is 5. The highest BCUT2D eigenvalue weighted by molar-refractivity contribution is 7.89. The third-order valence-electron chi connectivity index (χ3n) is 6.79. The Hall–Kier alpha value is -4.15. The molecule has 3 heterocycles. The van der Waals surface area contributed by atoms with Gasteiger partial charge in [-0.1, -0.05) is 18.2 Å². The smallest absolute Gasteiger partial charge is 0.328 e. The molecule has 0 amide bonds. The highest BCUT2D eigenvalue weighted by atomic mass is 32.2. The number of imidazole rings is 2. The van der Waals surface area contributed by atoms with E-state index < -0.39 is 10.0 Å². The van der Waals surface area contributed by atoms with Crippen LogP contribution in [0, 0.1) is 6.92 Å². The molecule has 0 bridgehead atoms. The molecule has 3 aromatic heterocycles. The van der Waals surface area contributed by atoms with E-state index in [-0.39, 0.29) is 10.6 Å². The van der Waals surface area contributed by atoms with E-state index in [0.717, 1.165) is 38.8 Å². The SMILES string of the molecule is CNS(=O)(=O)c1ccc2nc(-c3c[nH]c4cc(C)ccc34)n(-c3cccc4c3n(C)c(=O)n4C)c2c1. The molecule has 6 rings (SSSR count). The summed E-state index contributed by atoms with van der Waals surface area (Å²) in [4.78, 5) is 21.3. The lowest BCUT2D eigenvalue weighted by Gasteiger charge is -2.12. The van der Waals surface area contributed by atoms with Crippen LogP contribution < -0.4 is 10.4 Å². The summed E-state index contributed by atoms with van der Waals surface area (Å²) in [5.41, 5.74) is 6.31. The Bertz CT molecular complexity index is 2010. The van der Waals surface area contributed by atoms with Crippen molar-refractivity contribution in [1.29, 1.82) is 0 Å². The van der Waals surface area contributed by atoms with Gasteiger partial charge in [0.25, 0.3) is 0 Å². The van der Waals surface area contributed by atoms with Crippen LogP contribution >= 0.6 is 0 Å². The van der Waals surface area contributed by atoms with Gasteiger partial charge in [-0.15, -0.1) is 0 Å². The van der Waals surface area contributed by atoms with Gasteiger partial charge in [-0.25, -0.2) is 22.9 Å². The van der Waals surface area contributed by atoms with Crippen LogP contribution in [0.25, 0.3) is 50.0 Å². The summed E-state index contributed by atoms with van der Waals surface area (Å²) in [6.07, 6.45) is 1.91. The summed E-state index contributed by atoms with van der Waals surface area (Å²) in [5.74, 6) is 0.642. The van der Waals surface area contributed by atoms with Crippen LogP contribution in [0.1, 0.15) is 5.56 Å². The second-order valence-corrected chi connectivity index (χ2v) is 10.8. The van der Waals surface area contributed by atoms with Crippen LogP contribution in [-0.4, -0.2) is 39.1 Å². The number of hydrogen-bond donors (Lipinski definition) is 2. The molecule has 36 heavy (non-hydrogen) atoms. The number of nitrogens with one attached hydrogen (secondary N) is 2. The predicted molar refractivity (Wildman–Crippen MR) is 141 cm³/mol. The molecule has 0 saturated heterocycles. The van der Waals surface area contributed by atoms with Gasteiger partial charge in [-0.2, -0.15) is 0 Å². The Balaban J connectivity index is 1.78. The fraction of sp³-hybridized carbons (Fsp3) is 0.154. The Kier molecular flexibility index (Phi) is 4.76. The molecular weight excluding hydrogens is 476 g/mol. The van der Waals surface area contributed by atoms with E-state index in [9.17, 15) is 13.2 Å². The lowest BCUT2D eigenvalue weighted by Crippen LogP contribution is -2.19. The van der Waals surface area contributed by atoms with E-state index in [0.29, 0.717) is 16.9 Å². The van der Waals surface area contributed by atoms with Gasteiger partial charge in [0, 0.05) is 36.8 Å². The summed E-state index contributed by atoms with van der Waals surface area (Å²) >= 11 is 0. The van der Waals surface area contributed by atoms with E-state index in [1.807, 2.05) is 42.0 Å². The molecule has 9 nitrogen and oxygen atoms in total. The summed E-state index contributed by atoms with van der Waals surface area (Å²) in [6.45, 7) is 2.04. The van der Waals surface area contributed by atoms with Crippen molar-refractivity contribution in [2.24, 2.45) is 14.1 Å². The Labute approximate surface area is 206 Å². The summed E-state index contributed by atoms with van der Waals surface area (Å²) in [5, 5.41) is 0.995. The Morgan fingerprint density at radius 1 is 0.972 bits per heavy atom. The lowest BCUT2D eigenvalue weighted by atomic mass is 10.1. The zero-order chi connectivity index (χ0) is 25.4. The first kappa shape index (κ1) is 22.3. The van der Waals surface area contributed by atoms with Gasteiger partial charge in [0.2, 0.25) is 10.0 Å².